The predicted octanol–water partition coefficient (Wildman–Crippen LogP) is 2.09. The Morgan fingerprint density at radius 3 is 2.18 bits per heavy atom. The monoisotopic (exact) mass is 156 g/mol. The summed E-state index contributed by atoms with van der Waals surface area (Å²) in [7, 11) is 0. The van der Waals surface area contributed by atoms with Gasteiger partial charge in [-0.2, -0.15) is 0 Å². The Morgan fingerprint density at radius 1 is 1.45 bits per heavy atom. The minimum Gasteiger partial charge on any atom is -0.505 e. The fourth-order valence-corrected chi connectivity index (χ4v) is 1.21. The van der Waals surface area contributed by atoms with Crippen LogP contribution in [0.15, 0.2) is 24.0 Å². The Kier molecular flexibility index (Phi) is 1.81. The molecule has 1 unspecified atom stereocenters. The molecule has 11 heavy (non-hydrogen) atoms. The van der Waals surface area contributed by atoms with E-state index in [2.05, 4.69) is 6.58 Å². The number of hydrogen-bond acceptors (Lipinski definition) is 3. The number of aliphatic hydroxyl groups is 2. The summed E-state index contributed by atoms with van der Waals surface area (Å²) in [5, 5.41) is 18.2. The summed E-state index contributed by atoms with van der Waals surface area (Å²) < 4.78 is 4.74. The lowest BCUT2D eigenvalue weighted by Crippen LogP contribution is -2.09. The van der Waals surface area contributed by atoms with E-state index < -0.39 is 5.95 Å². The van der Waals surface area contributed by atoms with Crippen LogP contribution >= 0.6 is 0 Å². The second-order valence-electron chi connectivity index (χ2n) is 2.98. The molecule has 1 aliphatic rings. The summed E-state index contributed by atoms with van der Waals surface area (Å²) in [6, 6.07) is 0. The minimum atomic E-state index is -0.409. The van der Waals surface area contributed by atoms with E-state index in [0.29, 0.717) is 5.76 Å². The topological polar surface area (TPSA) is 49.7 Å². The van der Waals surface area contributed by atoms with E-state index in [4.69, 9.17) is 9.84 Å². The molecule has 0 saturated carbocycles. The number of hydrogen-bond donors (Lipinski definition) is 2. The Hall–Kier alpha value is -1.12. The highest BCUT2D eigenvalue weighted by molar-refractivity contribution is 5.18. The van der Waals surface area contributed by atoms with Crippen LogP contribution in [0.3, 0.4) is 0 Å². The molecule has 0 aromatic rings. The Bertz CT molecular complexity index is 215. The van der Waals surface area contributed by atoms with Crippen LogP contribution in [0.4, 0.5) is 0 Å². The molecule has 0 aromatic heterocycles. The molecule has 0 radical (unpaired) electrons. The van der Waals surface area contributed by atoms with Gasteiger partial charge >= 0.3 is 5.95 Å². The van der Waals surface area contributed by atoms with Crippen LogP contribution in [0.25, 0.3) is 0 Å². The fourth-order valence-electron chi connectivity index (χ4n) is 1.21. The van der Waals surface area contributed by atoms with Crippen molar-refractivity contribution < 1.29 is 14.9 Å². The van der Waals surface area contributed by atoms with Crippen molar-refractivity contribution in [3.8, 4) is 0 Å². The summed E-state index contributed by atoms with van der Waals surface area (Å²) >= 11 is 0. The van der Waals surface area contributed by atoms with Crippen molar-refractivity contribution in [1.29, 1.82) is 0 Å². The molecule has 3 nitrogen and oxygen atoms in total. The van der Waals surface area contributed by atoms with E-state index in [1.807, 2.05) is 13.8 Å². The van der Waals surface area contributed by atoms with E-state index in [1.165, 1.54) is 0 Å². The molecule has 62 valence electrons. The van der Waals surface area contributed by atoms with Gasteiger partial charge in [-0.3, -0.25) is 0 Å². The summed E-state index contributed by atoms with van der Waals surface area (Å²) in [5.74, 6) is -0.171. The Labute approximate surface area is 65.6 Å². The quantitative estimate of drug-likeness (QED) is 0.611. The van der Waals surface area contributed by atoms with Crippen molar-refractivity contribution in [1.82, 2.24) is 0 Å². The van der Waals surface area contributed by atoms with Crippen molar-refractivity contribution in [2.75, 3.05) is 0 Å². The summed E-state index contributed by atoms with van der Waals surface area (Å²) in [5.41, 5.74) is 0. The third-order valence-electron chi connectivity index (χ3n) is 1.76. The van der Waals surface area contributed by atoms with Gasteiger partial charge in [0.2, 0.25) is 0 Å². The molecule has 1 atom stereocenters. The zero-order valence-electron chi connectivity index (χ0n) is 6.66. The molecule has 3 heteroatoms. The van der Waals surface area contributed by atoms with Crippen LogP contribution in [-0.2, 0) is 4.74 Å². The maximum absolute atomic E-state index is 9.24. The number of rotatable bonds is 1. The van der Waals surface area contributed by atoms with Crippen LogP contribution in [0, 0.1) is 11.8 Å². The average Bonchev–Trinajstić information content (AvgIpc) is 2.07. The maximum atomic E-state index is 9.24. The van der Waals surface area contributed by atoms with Crippen molar-refractivity contribution >= 4 is 0 Å². The maximum Gasteiger partial charge on any atom is 0.322 e. The summed E-state index contributed by atoms with van der Waals surface area (Å²) in [4.78, 5) is 0. The largest absolute Gasteiger partial charge is 0.505 e. The molecule has 0 aromatic carbocycles. The van der Waals surface area contributed by atoms with Gasteiger partial charge in [0.05, 0.1) is 5.92 Å². The van der Waals surface area contributed by atoms with Crippen LogP contribution in [0.2, 0.25) is 0 Å². The Balaban J connectivity index is 2.88. The zero-order valence-corrected chi connectivity index (χ0v) is 6.66. The third kappa shape index (κ3) is 1.18. The highest BCUT2D eigenvalue weighted by Crippen LogP contribution is 2.35. The first-order valence-electron chi connectivity index (χ1n) is 3.52. The molecule has 1 aliphatic heterocycles. The third-order valence-corrected chi connectivity index (χ3v) is 1.76. The Morgan fingerprint density at radius 2 is 2.00 bits per heavy atom. The van der Waals surface area contributed by atoms with Crippen molar-refractivity contribution in [2.45, 2.75) is 13.8 Å². The lowest BCUT2D eigenvalue weighted by Gasteiger charge is -2.12. The van der Waals surface area contributed by atoms with Crippen LogP contribution in [-0.4, -0.2) is 10.2 Å². The standard InChI is InChI=1S/C8H12O3/c1-4(2)6-5(3)11-8(10)7(6)9/h4,6,9-10H,3H2,1-2H3. The SMILES string of the molecule is C=C1OC(O)=C(O)C1C(C)C. The fraction of sp³-hybridized carbons (Fsp3) is 0.500. The van der Waals surface area contributed by atoms with E-state index in [1.54, 1.807) is 0 Å². The second kappa shape index (κ2) is 2.49. The predicted molar refractivity (Wildman–Crippen MR) is 40.8 cm³/mol. The van der Waals surface area contributed by atoms with Gasteiger partial charge in [0.25, 0.3) is 0 Å². The molecule has 0 aliphatic carbocycles. The zero-order chi connectivity index (χ0) is 8.59. The van der Waals surface area contributed by atoms with Gasteiger partial charge in [-0.15, -0.1) is 0 Å². The lowest BCUT2D eigenvalue weighted by atomic mass is 9.94. The molecule has 0 amide bonds. The van der Waals surface area contributed by atoms with Crippen LogP contribution in [0.5, 0.6) is 0 Å². The van der Waals surface area contributed by atoms with Crippen LogP contribution < -0.4 is 0 Å². The second-order valence-corrected chi connectivity index (χ2v) is 2.98. The molecule has 0 bridgehead atoms. The summed E-state index contributed by atoms with van der Waals surface area (Å²) in [6.45, 7) is 7.42. The average molecular weight is 156 g/mol. The number of aliphatic hydroxyl groups excluding tert-OH is 2. The van der Waals surface area contributed by atoms with Gasteiger partial charge in [-0.25, -0.2) is 0 Å². The van der Waals surface area contributed by atoms with Gasteiger partial charge in [0.15, 0.2) is 5.76 Å². The molecule has 1 rings (SSSR count). The molecular weight excluding hydrogens is 144 g/mol. The molecule has 0 spiro atoms. The first-order valence-corrected chi connectivity index (χ1v) is 3.52. The summed E-state index contributed by atoms with van der Waals surface area (Å²) in [6.07, 6.45) is 0. The van der Waals surface area contributed by atoms with Crippen molar-refractivity contribution in [2.24, 2.45) is 11.8 Å². The minimum absolute atomic E-state index is 0.106. The van der Waals surface area contributed by atoms with E-state index in [0.717, 1.165) is 0 Å². The normalized spacial score (nSPS) is 24.6. The van der Waals surface area contributed by atoms with Gasteiger partial charge in [-0.1, -0.05) is 20.4 Å². The first-order chi connectivity index (χ1) is 5.04. The van der Waals surface area contributed by atoms with E-state index >= 15 is 0 Å². The van der Waals surface area contributed by atoms with Crippen molar-refractivity contribution in [3.05, 3.63) is 24.0 Å². The first kappa shape index (κ1) is 7.98. The van der Waals surface area contributed by atoms with Crippen LogP contribution in [0.1, 0.15) is 13.8 Å². The lowest BCUT2D eigenvalue weighted by molar-refractivity contribution is 0.149. The smallest absolute Gasteiger partial charge is 0.322 e. The molecule has 2 N–H and O–H groups in total. The van der Waals surface area contributed by atoms with Crippen molar-refractivity contribution in [3.63, 3.8) is 0 Å². The highest BCUT2D eigenvalue weighted by Gasteiger charge is 2.33. The van der Waals surface area contributed by atoms with Gasteiger partial charge < -0.3 is 14.9 Å². The van der Waals surface area contributed by atoms with Gasteiger partial charge in [0, 0.05) is 0 Å². The highest BCUT2D eigenvalue weighted by atomic mass is 16.6. The van der Waals surface area contributed by atoms with Gasteiger partial charge in [-0.05, 0) is 5.92 Å². The molecule has 1 heterocycles. The molecular formula is C8H12O3. The van der Waals surface area contributed by atoms with Gasteiger partial charge in [0.1, 0.15) is 5.76 Å². The molecule has 0 saturated heterocycles. The van der Waals surface area contributed by atoms with E-state index in [9.17, 15) is 5.11 Å². The molecule has 0 fully saturated rings. The number of ether oxygens (including phenoxy) is 1. The van der Waals surface area contributed by atoms with E-state index in [-0.39, 0.29) is 17.6 Å².